The summed E-state index contributed by atoms with van der Waals surface area (Å²) in [7, 11) is 0. The highest BCUT2D eigenvalue weighted by Crippen LogP contribution is 2.60. The second kappa shape index (κ2) is 5.97. The molecule has 0 N–H and O–H groups in total. The van der Waals surface area contributed by atoms with Crippen LogP contribution in [0.15, 0.2) is 0 Å². The summed E-state index contributed by atoms with van der Waals surface area (Å²) in [6, 6.07) is 0. The van der Waals surface area contributed by atoms with Crippen LogP contribution in [-0.2, 0) is 9.53 Å². The molecule has 0 amide bonds. The fourth-order valence-electron chi connectivity index (χ4n) is 1.44. The van der Waals surface area contributed by atoms with Gasteiger partial charge in [0.05, 0.1) is 6.10 Å². The highest BCUT2D eigenvalue weighted by molar-refractivity contribution is 8.36. The Morgan fingerprint density at radius 2 is 2.31 bits per heavy atom. The molecule has 3 unspecified atom stereocenters. The van der Waals surface area contributed by atoms with Crippen LogP contribution in [0.4, 0.5) is 0 Å². The van der Waals surface area contributed by atoms with Gasteiger partial charge in [-0.2, -0.15) is 0 Å². The molecule has 0 aliphatic carbocycles. The Labute approximate surface area is 118 Å². The van der Waals surface area contributed by atoms with Crippen LogP contribution in [0.2, 0.25) is 0 Å². The van der Waals surface area contributed by atoms with Crippen LogP contribution in [0, 0.1) is 0 Å². The van der Waals surface area contributed by atoms with Gasteiger partial charge >= 0.3 is 0 Å². The lowest BCUT2D eigenvalue weighted by molar-refractivity contribution is -0.109. The van der Waals surface area contributed by atoms with Gasteiger partial charge in [0, 0.05) is 35.3 Å². The lowest BCUT2D eigenvalue weighted by atomic mass is 10.5. The number of hydrogen-bond donors (Lipinski definition) is 0. The summed E-state index contributed by atoms with van der Waals surface area (Å²) in [6.45, 7) is 1.62. The summed E-state index contributed by atoms with van der Waals surface area (Å²) >= 11 is 12.8. The van der Waals surface area contributed by atoms with Gasteiger partial charge in [0.1, 0.15) is 0 Å². The molecule has 2 aliphatic rings. The van der Waals surface area contributed by atoms with Crippen molar-refractivity contribution in [3.05, 3.63) is 0 Å². The number of ether oxygens (including phenoxy) is 1. The molecule has 2 fully saturated rings. The topological polar surface area (TPSA) is 26.3 Å². The Hall–Kier alpha value is 1.32. The molecule has 0 aromatic rings. The predicted octanol–water partition coefficient (Wildman–Crippen LogP) is 3.10. The maximum Gasteiger partial charge on any atom is 0.209 e. The van der Waals surface area contributed by atoms with Crippen LogP contribution >= 0.6 is 58.6 Å². The third-order valence-electron chi connectivity index (χ3n) is 2.16. The summed E-state index contributed by atoms with van der Waals surface area (Å²) in [5.74, 6) is 3.51. The molecular weight excluding hydrogens is 304 g/mol. The van der Waals surface area contributed by atoms with Gasteiger partial charge in [-0.15, -0.1) is 35.1 Å². The molecule has 92 valence electrons. The van der Waals surface area contributed by atoms with Crippen molar-refractivity contribution in [2.45, 2.75) is 21.9 Å². The van der Waals surface area contributed by atoms with E-state index in [4.69, 9.17) is 16.3 Å². The van der Waals surface area contributed by atoms with Crippen LogP contribution in [-0.4, -0.2) is 43.2 Å². The molecule has 2 nitrogen and oxygen atoms in total. The normalized spacial score (nSPS) is 38.4. The van der Waals surface area contributed by atoms with Crippen molar-refractivity contribution in [2.75, 3.05) is 23.1 Å². The molecule has 2 rings (SSSR count). The van der Waals surface area contributed by atoms with Crippen molar-refractivity contribution in [1.82, 2.24) is 0 Å². The molecule has 3 atom stereocenters. The van der Waals surface area contributed by atoms with Crippen LogP contribution in [0.1, 0.15) is 6.92 Å². The molecule has 7 heteroatoms. The molecule has 0 saturated carbocycles. The van der Waals surface area contributed by atoms with E-state index < -0.39 is 0 Å². The number of thioether (sulfide) groups is 4. The minimum absolute atomic E-state index is 0.137. The van der Waals surface area contributed by atoms with E-state index in [-0.39, 0.29) is 14.8 Å². The SMILES string of the molecule is CC(=O)SCC1CSC2(OC(CCl)CS2)S1. The third-order valence-corrected chi connectivity index (χ3v) is 8.95. The highest BCUT2D eigenvalue weighted by atomic mass is 35.5. The summed E-state index contributed by atoms with van der Waals surface area (Å²) in [4.78, 5) is 10.9. The Balaban J connectivity index is 1.81. The van der Waals surface area contributed by atoms with E-state index in [1.54, 1.807) is 6.92 Å². The van der Waals surface area contributed by atoms with Crippen molar-refractivity contribution in [2.24, 2.45) is 0 Å². The molecule has 16 heavy (non-hydrogen) atoms. The van der Waals surface area contributed by atoms with E-state index in [0.717, 1.165) is 17.3 Å². The van der Waals surface area contributed by atoms with E-state index >= 15 is 0 Å². The van der Waals surface area contributed by atoms with Gasteiger partial charge in [0.25, 0.3) is 0 Å². The molecule has 2 aliphatic heterocycles. The Morgan fingerprint density at radius 3 is 2.94 bits per heavy atom. The molecule has 0 bridgehead atoms. The molecule has 2 saturated heterocycles. The van der Waals surface area contributed by atoms with Crippen molar-refractivity contribution < 1.29 is 9.53 Å². The predicted molar refractivity (Wildman–Crippen MR) is 77.8 cm³/mol. The summed E-state index contributed by atoms with van der Waals surface area (Å²) < 4.78 is 5.82. The van der Waals surface area contributed by atoms with Crippen molar-refractivity contribution in [1.29, 1.82) is 0 Å². The fourth-order valence-corrected chi connectivity index (χ4v) is 7.98. The third kappa shape index (κ3) is 3.42. The van der Waals surface area contributed by atoms with Crippen molar-refractivity contribution in [3.63, 3.8) is 0 Å². The highest BCUT2D eigenvalue weighted by Gasteiger charge is 2.48. The zero-order chi connectivity index (χ0) is 11.6. The maximum atomic E-state index is 10.9. The first-order valence-corrected chi connectivity index (χ1v) is 9.33. The molecule has 2 heterocycles. The van der Waals surface area contributed by atoms with Crippen molar-refractivity contribution >= 4 is 63.8 Å². The first kappa shape index (κ1) is 13.7. The maximum absolute atomic E-state index is 10.9. The Kier molecular flexibility index (Phi) is 5.13. The van der Waals surface area contributed by atoms with Gasteiger partial charge in [-0.1, -0.05) is 23.5 Å². The first-order chi connectivity index (χ1) is 7.63. The average Bonchev–Trinajstić information content (AvgIpc) is 2.84. The Bertz CT molecular complexity index is 278. The summed E-state index contributed by atoms with van der Waals surface area (Å²) in [5, 5.41) is 0.714. The molecule has 0 aromatic carbocycles. The number of hydrogen-bond acceptors (Lipinski definition) is 6. The average molecular weight is 317 g/mol. The minimum Gasteiger partial charge on any atom is -0.341 e. The van der Waals surface area contributed by atoms with Crippen LogP contribution in [0.25, 0.3) is 0 Å². The summed E-state index contributed by atoms with van der Waals surface area (Å²) in [5.41, 5.74) is 0. The number of carbonyl (C=O) groups excluding carboxylic acids is 1. The molecule has 1 spiro atoms. The van der Waals surface area contributed by atoms with Gasteiger partial charge in [0.2, 0.25) is 3.60 Å². The number of rotatable bonds is 3. The van der Waals surface area contributed by atoms with Gasteiger partial charge < -0.3 is 4.74 Å². The van der Waals surface area contributed by atoms with Gasteiger partial charge in [0.15, 0.2) is 5.12 Å². The molecular formula is C9H13ClO2S4. The first-order valence-electron chi connectivity index (χ1n) is 4.96. The van der Waals surface area contributed by atoms with Crippen molar-refractivity contribution in [3.8, 4) is 0 Å². The van der Waals surface area contributed by atoms with Crippen LogP contribution in [0.3, 0.4) is 0 Å². The zero-order valence-corrected chi connectivity index (χ0v) is 12.8. The lowest BCUT2D eigenvalue weighted by Gasteiger charge is -2.20. The molecule has 0 radical (unpaired) electrons. The number of halogens is 1. The van der Waals surface area contributed by atoms with E-state index in [0.29, 0.717) is 11.1 Å². The fraction of sp³-hybridized carbons (Fsp3) is 0.889. The quantitative estimate of drug-likeness (QED) is 0.742. The smallest absolute Gasteiger partial charge is 0.209 e. The van der Waals surface area contributed by atoms with E-state index in [1.807, 2.05) is 35.3 Å². The van der Waals surface area contributed by atoms with E-state index in [2.05, 4.69) is 0 Å². The minimum atomic E-state index is -0.137. The zero-order valence-electron chi connectivity index (χ0n) is 8.81. The number of carbonyl (C=O) groups is 1. The largest absolute Gasteiger partial charge is 0.341 e. The summed E-state index contributed by atoms with van der Waals surface area (Å²) in [6.07, 6.45) is 0.186. The second-order valence-corrected chi connectivity index (χ2v) is 9.71. The lowest BCUT2D eigenvalue weighted by Crippen LogP contribution is -2.18. The monoisotopic (exact) mass is 316 g/mol. The van der Waals surface area contributed by atoms with Crippen LogP contribution in [0.5, 0.6) is 0 Å². The standard InChI is InChI=1S/C9H13ClO2S4/c1-6(11)13-4-8-5-15-9(16-8)12-7(2-10)3-14-9/h7-8H,2-5H2,1H3. The number of alkyl halides is 1. The van der Waals surface area contributed by atoms with Gasteiger partial charge in [-0.3, -0.25) is 4.79 Å². The van der Waals surface area contributed by atoms with Crippen LogP contribution < -0.4 is 0 Å². The second-order valence-electron chi connectivity index (χ2n) is 3.56. The molecule has 0 aromatic heterocycles. The van der Waals surface area contributed by atoms with Gasteiger partial charge in [-0.25, -0.2) is 0 Å². The Morgan fingerprint density at radius 1 is 1.56 bits per heavy atom. The van der Waals surface area contributed by atoms with E-state index in [9.17, 15) is 4.79 Å². The van der Waals surface area contributed by atoms with E-state index in [1.165, 1.54) is 11.8 Å². The van der Waals surface area contributed by atoms with Gasteiger partial charge in [-0.05, 0) is 0 Å².